The van der Waals surface area contributed by atoms with Gasteiger partial charge in [-0.05, 0) is 50.8 Å². The number of hydrogen-bond donors (Lipinski definition) is 0. The van der Waals surface area contributed by atoms with Crippen molar-refractivity contribution in [3.63, 3.8) is 0 Å². The number of amides is 1. The number of nitrogens with zero attached hydrogens (tertiary/aromatic N) is 3. The Labute approximate surface area is 186 Å². The minimum absolute atomic E-state index is 0.0488. The SMILES string of the molecule is CCS(=O)(=O)c1ccccc1C(=O)N(CCN(C)C)c1nc2c(C)c(Cl)ccc2s1. The lowest BCUT2D eigenvalue weighted by atomic mass is 10.2. The number of benzene rings is 2. The van der Waals surface area contributed by atoms with Crippen molar-refractivity contribution in [2.45, 2.75) is 18.7 Å². The molecule has 0 aliphatic rings. The van der Waals surface area contributed by atoms with Gasteiger partial charge in [-0.1, -0.05) is 42.0 Å². The van der Waals surface area contributed by atoms with Crippen molar-refractivity contribution < 1.29 is 13.2 Å². The number of likely N-dealkylation sites (N-methyl/N-ethyl adjacent to an activating group) is 1. The average Bonchev–Trinajstić information content (AvgIpc) is 3.15. The number of fused-ring (bicyclic) bond motifs is 1. The van der Waals surface area contributed by atoms with Crippen LogP contribution in [-0.2, 0) is 9.84 Å². The molecule has 0 radical (unpaired) electrons. The van der Waals surface area contributed by atoms with Crippen LogP contribution < -0.4 is 4.90 Å². The first-order chi connectivity index (χ1) is 14.2. The van der Waals surface area contributed by atoms with Gasteiger partial charge < -0.3 is 4.90 Å². The summed E-state index contributed by atoms with van der Waals surface area (Å²) in [5.74, 6) is -0.458. The monoisotopic (exact) mass is 465 g/mol. The van der Waals surface area contributed by atoms with E-state index < -0.39 is 9.84 Å². The van der Waals surface area contributed by atoms with E-state index in [-0.39, 0.29) is 22.1 Å². The molecule has 2 aromatic carbocycles. The fraction of sp³-hybridized carbons (Fsp3) is 0.333. The summed E-state index contributed by atoms with van der Waals surface area (Å²) in [5.41, 5.74) is 1.76. The van der Waals surface area contributed by atoms with Crippen molar-refractivity contribution in [3.05, 3.63) is 52.5 Å². The minimum atomic E-state index is -3.55. The van der Waals surface area contributed by atoms with Gasteiger partial charge in [-0.15, -0.1) is 0 Å². The van der Waals surface area contributed by atoms with Crippen LogP contribution in [0.1, 0.15) is 22.8 Å². The highest BCUT2D eigenvalue weighted by Crippen LogP contribution is 2.34. The minimum Gasteiger partial charge on any atom is -0.308 e. The van der Waals surface area contributed by atoms with E-state index in [0.29, 0.717) is 23.2 Å². The predicted molar refractivity (Wildman–Crippen MR) is 124 cm³/mol. The summed E-state index contributed by atoms with van der Waals surface area (Å²) in [6.45, 7) is 4.44. The van der Waals surface area contributed by atoms with Crippen molar-refractivity contribution in [2.24, 2.45) is 0 Å². The zero-order chi connectivity index (χ0) is 22.1. The van der Waals surface area contributed by atoms with Gasteiger partial charge in [-0.2, -0.15) is 0 Å². The molecule has 30 heavy (non-hydrogen) atoms. The summed E-state index contributed by atoms with van der Waals surface area (Å²) in [6.07, 6.45) is 0. The summed E-state index contributed by atoms with van der Waals surface area (Å²) in [6, 6.07) is 10.1. The lowest BCUT2D eigenvalue weighted by Crippen LogP contribution is -2.37. The lowest BCUT2D eigenvalue weighted by Gasteiger charge is -2.23. The van der Waals surface area contributed by atoms with E-state index in [4.69, 9.17) is 11.6 Å². The Morgan fingerprint density at radius 3 is 2.50 bits per heavy atom. The molecule has 1 heterocycles. The second-order valence-electron chi connectivity index (χ2n) is 7.18. The number of anilines is 1. The standard InChI is InChI=1S/C21H24ClN3O3S2/c1-5-30(27,28)18-9-7-6-8-15(18)20(26)25(13-12-24(3)4)21-23-19-14(2)16(22)10-11-17(19)29-21/h6-11H,5,12-13H2,1-4H3. The molecule has 0 bridgehead atoms. The third-order valence-electron chi connectivity index (χ3n) is 4.82. The van der Waals surface area contributed by atoms with E-state index in [2.05, 4.69) is 4.98 Å². The molecule has 0 spiro atoms. The molecule has 160 valence electrons. The van der Waals surface area contributed by atoms with Gasteiger partial charge in [0, 0.05) is 18.1 Å². The molecule has 0 unspecified atom stereocenters. The zero-order valence-corrected chi connectivity index (χ0v) is 19.7. The van der Waals surface area contributed by atoms with Crippen LogP contribution in [-0.4, -0.2) is 57.1 Å². The molecule has 1 amide bonds. The average molecular weight is 466 g/mol. The quantitative estimate of drug-likeness (QED) is 0.521. The molecule has 3 rings (SSSR count). The number of aryl methyl sites for hydroxylation is 1. The molecule has 3 aromatic rings. The first-order valence-electron chi connectivity index (χ1n) is 9.49. The highest BCUT2D eigenvalue weighted by atomic mass is 35.5. The molecule has 6 nitrogen and oxygen atoms in total. The Balaban J connectivity index is 2.12. The Morgan fingerprint density at radius 1 is 1.13 bits per heavy atom. The van der Waals surface area contributed by atoms with Crippen molar-refractivity contribution in [1.82, 2.24) is 9.88 Å². The first-order valence-corrected chi connectivity index (χ1v) is 12.3. The predicted octanol–water partition coefficient (Wildman–Crippen LogP) is 4.26. The van der Waals surface area contributed by atoms with E-state index in [0.717, 1.165) is 15.8 Å². The van der Waals surface area contributed by atoms with Gasteiger partial charge in [-0.3, -0.25) is 9.69 Å². The highest BCUT2D eigenvalue weighted by Gasteiger charge is 2.27. The molecular formula is C21H24ClN3O3S2. The van der Waals surface area contributed by atoms with Crippen LogP contribution in [0.2, 0.25) is 5.02 Å². The molecule has 0 saturated heterocycles. The second kappa shape index (κ2) is 9.01. The van der Waals surface area contributed by atoms with E-state index in [1.54, 1.807) is 30.0 Å². The van der Waals surface area contributed by atoms with E-state index in [1.807, 2.05) is 38.1 Å². The molecule has 0 N–H and O–H groups in total. The van der Waals surface area contributed by atoms with Gasteiger partial charge in [0.05, 0.1) is 26.4 Å². The molecule has 1 aromatic heterocycles. The Hall–Kier alpha value is -2.00. The van der Waals surface area contributed by atoms with Crippen molar-refractivity contribution in [1.29, 1.82) is 0 Å². The first kappa shape index (κ1) is 22.7. The van der Waals surface area contributed by atoms with Gasteiger partial charge in [0.1, 0.15) is 0 Å². The van der Waals surface area contributed by atoms with E-state index in [9.17, 15) is 13.2 Å². The summed E-state index contributed by atoms with van der Waals surface area (Å²) >= 11 is 7.62. The van der Waals surface area contributed by atoms with Gasteiger partial charge >= 0.3 is 0 Å². The molecule has 0 saturated carbocycles. The fourth-order valence-corrected chi connectivity index (χ4v) is 5.29. The Kier molecular flexibility index (Phi) is 6.81. The van der Waals surface area contributed by atoms with E-state index >= 15 is 0 Å². The summed E-state index contributed by atoms with van der Waals surface area (Å²) in [5, 5.41) is 1.14. The summed E-state index contributed by atoms with van der Waals surface area (Å²) in [4.78, 5) is 21.8. The third kappa shape index (κ3) is 4.51. The number of carbonyl (C=O) groups excluding carboxylic acids is 1. The van der Waals surface area contributed by atoms with Crippen LogP contribution in [0.3, 0.4) is 0 Å². The maximum Gasteiger partial charge on any atom is 0.261 e. The van der Waals surface area contributed by atoms with Crippen LogP contribution in [0.5, 0.6) is 0 Å². The number of sulfone groups is 1. The largest absolute Gasteiger partial charge is 0.308 e. The maximum atomic E-state index is 13.6. The summed E-state index contributed by atoms with van der Waals surface area (Å²) < 4.78 is 26.1. The smallest absolute Gasteiger partial charge is 0.261 e. The molecule has 9 heteroatoms. The molecule has 0 fully saturated rings. The van der Waals surface area contributed by atoms with E-state index in [1.165, 1.54) is 17.4 Å². The van der Waals surface area contributed by atoms with Crippen LogP contribution in [0, 0.1) is 6.92 Å². The normalized spacial score (nSPS) is 11.9. The molecule has 0 aliphatic carbocycles. The maximum absolute atomic E-state index is 13.6. The van der Waals surface area contributed by atoms with Crippen LogP contribution in [0.15, 0.2) is 41.3 Å². The van der Waals surface area contributed by atoms with Gasteiger partial charge in [0.2, 0.25) is 0 Å². The number of thiazole rings is 1. The summed E-state index contributed by atoms with van der Waals surface area (Å²) in [7, 11) is 0.284. The Morgan fingerprint density at radius 2 is 1.83 bits per heavy atom. The lowest BCUT2D eigenvalue weighted by molar-refractivity contribution is 0.0982. The van der Waals surface area contributed by atoms with Crippen molar-refractivity contribution in [2.75, 3.05) is 37.8 Å². The number of hydrogen-bond acceptors (Lipinski definition) is 6. The number of carbonyl (C=O) groups is 1. The number of rotatable bonds is 7. The van der Waals surface area contributed by atoms with Gasteiger partial charge in [0.15, 0.2) is 15.0 Å². The number of aromatic nitrogens is 1. The third-order valence-corrected chi connectivity index (χ3v) is 8.06. The highest BCUT2D eigenvalue weighted by molar-refractivity contribution is 7.91. The van der Waals surface area contributed by atoms with Crippen LogP contribution in [0.4, 0.5) is 5.13 Å². The van der Waals surface area contributed by atoms with Crippen LogP contribution in [0.25, 0.3) is 10.2 Å². The molecule has 0 atom stereocenters. The Bertz CT molecular complexity index is 1190. The molecule has 0 aliphatic heterocycles. The molecular weight excluding hydrogens is 442 g/mol. The topological polar surface area (TPSA) is 70.6 Å². The van der Waals surface area contributed by atoms with Gasteiger partial charge in [-0.25, -0.2) is 13.4 Å². The van der Waals surface area contributed by atoms with Crippen molar-refractivity contribution >= 4 is 54.0 Å². The zero-order valence-electron chi connectivity index (χ0n) is 17.3. The van der Waals surface area contributed by atoms with Crippen molar-refractivity contribution in [3.8, 4) is 0 Å². The van der Waals surface area contributed by atoms with Crippen LogP contribution >= 0.6 is 22.9 Å². The second-order valence-corrected chi connectivity index (χ2v) is 10.8. The fourth-order valence-electron chi connectivity index (χ4n) is 3.00. The van der Waals surface area contributed by atoms with Gasteiger partial charge in [0.25, 0.3) is 5.91 Å². The number of halogens is 1.